The minimum atomic E-state index is -0.546. The summed E-state index contributed by atoms with van der Waals surface area (Å²) in [4.78, 5) is 12.2. The van der Waals surface area contributed by atoms with E-state index in [1.807, 2.05) is 6.92 Å². The van der Waals surface area contributed by atoms with E-state index in [0.717, 1.165) is 19.4 Å². The Balaban J connectivity index is 2.19. The number of hydrogen-bond donors (Lipinski definition) is 2. The van der Waals surface area contributed by atoms with Crippen LogP contribution in [0.5, 0.6) is 0 Å². The van der Waals surface area contributed by atoms with Gasteiger partial charge >= 0.3 is 0 Å². The lowest BCUT2D eigenvalue weighted by atomic mass is 9.99. The zero-order valence-corrected chi connectivity index (χ0v) is 12.1. The highest BCUT2D eigenvalue weighted by Crippen LogP contribution is 2.33. The lowest BCUT2D eigenvalue weighted by Crippen LogP contribution is -2.48. The molecule has 6 heteroatoms. The van der Waals surface area contributed by atoms with Crippen molar-refractivity contribution in [3.63, 3.8) is 0 Å². The Bertz CT molecular complexity index is 484. The maximum atomic E-state index is 12.2. The van der Waals surface area contributed by atoms with E-state index in [4.69, 9.17) is 34.8 Å². The van der Waals surface area contributed by atoms with Gasteiger partial charge in [0.05, 0.1) is 26.3 Å². The maximum absolute atomic E-state index is 12.2. The fraction of sp³-hybridized carbons (Fsp3) is 0.417. The second kappa shape index (κ2) is 5.25. The molecule has 0 radical (unpaired) electrons. The molecule has 2 N–H and O–H groups in total. The number of halogens is 3. The fourth-order valence-corrected chi connectivity index (χ4v) is 2.56. The summed E-state index contributed by atoms with van der Waals surface area (Å²) in [5, 5.41) is 7.07. The second-order valence-electron chi connectivity index (χ2n) is 4.56. The van der Waals surface area contributed by atoms with E-state index in [1.54, 1.807) is 6.07 Å². The van der Waals surface area contributed by atoms with E-state index in [9.17, 15) is 4.79 Å². The Hall–Kier alpha value is -0.480. The van der Waals surface area contributed by atoms with Gasteiger partial charge in [0, 0.05) is 0 Å². The van der Waals surface area contributed by atoms with Gasteiger partial charge in [0.1, 0.15) is 0 Å². The number of benzene rings is 1. The lowest BCUT2D eigenvalue weighted by molar-refractivity contribution is -0.121. The molecule has 1 heterocycles. The van der Waals surface area contributed by atoms with Gasteiger partial charge in [0.2, 0.25) is 5.91 Å². The SMILES string of the molecule is CC1(C(=O)Nc2cc(Cl)c(Cl)cc2Cl)CCCN1. The highest BCUT2D eigenvalue weighted by atomic mass is 35.5. The summed E-state index contributed by atoms with van der Waals surface area (Å²) >= 11 is 17.8. The van der Waals surface area contributed by atoms with Gasteiger partial charge in [-0.1, -0.05) is 34.8 Å². The third-order valence-corrected chi connectivity index (χ3v) is 4.16. The normalized spacial score (nSPS) is 23.1. The molecule has 1 fully saturated rings. The molecule has 18 heavy (non-hydrogen) atoms. The fourth-order valence-electron chi connectivity index (χ4n) is 1.97. The van der Waals surface area contributed by atoms with Crippen LogP contribution in [-0.2, 0) is 4.79 Å². The Kier molecular flexibility index (Phi) is 4.07. The minimum absolute atomic E-state index is 0.111. The van der Waals surface area contributed by atoms with Gasteiger partial charge in [-0.3, -0.25) is 4.79 Å². The van der Waals surface area contributed by atoms with Crippen LogP contribution in [0.15, 0.2) is 12.1 Å². The van der Waals surface area contributed by atoms with Crippen molar-refractivity contribution in [3.05, 3.63) is 27.2 Å². The van der Waals surface area contributed by atoms with E-state index in [-0.39, 0.29) is 5.91 Å². The van der Waals surface area contributed by atoms with Crippen molar-refractivity contribution >= 4 is 46.4 Å². The molecule has 0 saturated carbocycles. The topological polar surface area (TPSA) is 41.1 Å². The number of nitrogens with one attached hydrogen (secondary N) is 2. The van der Waals surface area contributed by atoms with Crippen LogP contribution in [0.3, 0.4) is 0 Å². The van der Waals surface area contributed by atoms with Crippen molar-refractivity contribution in [1.82, 2.24) is 5.32 Å². The Morgan fingerprint density at radius 2 is 1.94 bits per heavy atom. The molecule has 0 spiro atoms. The quantitative estimate of drug-likeness (QED) is 0.818. The van der Waals surface area contributed by atoms with Crippen molar-refractivity contribution in [2.45, 2.75) is 25.3 Å². The first kappa shape index (κ1) is 13.9. The summed E-state index contributed by atoms with van der Waals surface area (Å²) < 4.78 is 0. The summed E-state index contributed by atoms with van der Waals surface area (Å²) in [6.07, 6.45) is 1.79. The molecule has 1 unspecified atom stereocenters. The molecule has 1 aromatic rings. The molecule has 1 saturated heterocycles. The van der Waals surface area contributed by atoms with Gasteiger partial charge in [-0.25, -0.2) is 0 Å². The Morgan fingerprint density at radius 1 is 1.28 bits per heavy atom. The van der Waals surface area contributed by atoms with Gasteiger partial charge in [-0.2, -0.15) is 0 Å². The standard InChI is InChI=1S/C12H13Cl3N2O/c1-12(3-2-4-16-12)11(18)17-10-6-8(14)7(13)5-9(10)15/h5-6,16H,2-4H2,1H3,(H,17,18). The highest BCUT2D eigenvalue weighted by molar-refractivity contribution is 6.44. The molecule has 2 rings (SSSR count). The van der Waals surface area contributed by atoms with Crippen molar-refractivity contribution < 1.29 is 4.79 Å². The molecule has 1 atom stereocenters. The molecular weight excluding hydrogens is 295 g/mol. The van der Waals surface area contributed by atoms with Gasteiger partial charge in [-0.05, 0) is 38.4 Å². The van der Waals surface area contributed by atoms with Gasteiger partial charge in [0.15, 0.2) is 0 Å². The smallest absolute Gasteiger partial charge is 0.244 e. The van der Waals surface area contributed by atoms with Gasteiger partial charge < -0.3 is 10.6 Å². The van der Waals surface area contributed by atoms with E-state index >= 15 is 0 Å². The predicted octanol–water partition coefficient (Wildman–Crippen LogP) is 3.73. The molecule has 1 aromatic carbocycles. The average Bonchev–Trinajstić information content (AvgIpc) is 2.74. The molecule has 3 nitrogen and oxygen atoms in total. The molecule has 0 aliphatic carbocycles. The van der Waals surface area contributed by atoms with Crippen LogP contribution < -0.4 is 10.6 Å². The van der Waals surface area contributed by atoms with Crippen LogP contribution in [0.2, 0.25) is 15.1 Å². The maximum Gasteiger partial charge on any atom is 0.244 e. The monoisotopic (exact) mass is 306 g/mol. The first-order chi connectivity index (χ1) is 8.42. The predicted molar refractivity (Wildman–Crippen MR) is 75.7 cm³/mol. The number of carbonyl (C=O) groups excluding carboxylic acids is 1. The molecule has 1 amide bonds. The first-order valence-electron chi connectivity index (χ1n) is 5.63. The van der Waals surface area contributed by atoms with Crippen LogP contribution in [0.1, 0.15) is 19.8 Å². The summed E-state index contributed by atoms with van der Waals surface area (Å²) in [6, 6.07) is 3.08. The molecule has 1 aliphatic rings. The lowest BCUT2D eigenvalue weighted by Gasteiger charge is -2.23. The van der Waals surface area contributed by atoms with Crippen LogP contribution in [0.4, 0.5) is 5.69 Å². The summed E-state index contributed by atoms with van der Waals surface area (Å²) in [7, 11) is 0. The van der Waals surface area contributed by atoms with Crippen molar-refractivity contribution in [1.29, 1.82) is 0 Å². The van der Waals surface area contributed by atoms with Crippen molar-refractivity contribution in [2.75, 3.05) is 11.9 Å². The summed E-state index contributed by atoms with van der Waals surface area (Å²) in [5.41, 5.74) is -0.0684. The molecule has 98 valence electrons. The number of amides is 1. The second-order valence-corrected chi connectivity index (χ2v) is 5.78. The van der Waals surface area contributed by atoms with Crippen LogP contribution in [0.25, 0.3) is 0 Å². The highest BCUT2D eigenvalue weighted by Gasteiger charge is 2.36. The molecule has 1 aliphatic heterocycles. The molecule has 0 bridgehead atoms. The van der Waals surface area contributed by atoms with E-state index in [2.05, 4.69) is 10.6 Å². The van der Waals surface area contributed by atoms with Gasteiger partial charge in [0.25, 0.3) is 0 Å². The number of anilines is 1. The minimum Gasteiger partial charge on any atom is -0.323 e. The van der Waals surface area contributed by atoms with Crippen molar-refractivity contribution in [2.24, 2.45) is 0 Å². The first-order valence-corrected chi connectivity index (χ1v) is 6.77. The van der Waals surface area contributed by atoms with E-state index in [0.29, 0.717) is 20.8 Å². The summed E-state index contributed by atoms with van der Waals surface area (Å²) in [5.74, 6) is -0.111. The van der Waals surface area contributed by atoms with E-state index < -0.39 is 5.54 Å². The van der Waals surface area contributed by atoms with Crippen LogP contribution >= 0.6 is 34.8 Å². The number of carbonyl (C=O) groups is 1. The summed E-state index contributed by atoms with van der Waals surface area (Å²) in [6.45, 7) is 2.72. The Morgan fingerprint density at radius 3 is 2.56 bits per heavy atom. The molecule has 0 aromatic heterocycles. The zero-order chi connectivity index (χ0) is 13.3. The van der Waals surface area contributed by atoms with Crippen LogP contribution in [0, 0.1) is 0 Å². The van der Waals surface area contributed by atoms with Crippen LogP contribution in [-0.4, -0.2) is 18.0 Å². The number of hydrogen-bond acceptors (Lipinski definition) is 2. The zero-order valence-electron chi connectivity index (χ0n) is 9.82. The van der Waals surface area contributed by atoms with Gasteiger partial charge in [-0.15, -0.1) is 0 Å². The third kappa shape index (κ3) is 2.75. The Labute approximate surface area is 121 Å². The average molecular weight is 308 g/mol. The van der Waals surface area contributed by atoms with E-state index in [1.165, 1.54) is 6.07 Å². The largest absolute Gasteiger partial charge is 0.323 e. The molecular formula is C12H13Cl3N2O. The van der Waals surface area contributed by atoms with Crippen molar-refractivity contribution in [3.8, 4) is 0 Å². The third-order valence-electron chi connectivity index (χ3n) is 3.13. The number of rotatable bonds is 2.